The molecular weight excluding hydrogens is 252 g/mol. The summed E-state index contributed by atoms with van der Waals surface area (Å²) in [5.41, 5.74) is 2.28. The number of rotatable bonds is 1. The molecule has 0 saturated carbocycles. The van der Waals surface area contributed by atoms with Crippen LogP contribution in [0.25, 0.3) is 0 Å². The van der Waals surface area contributed by atoms with E-state index < -0.39 is 0 Å². The number of hydrogen-bond donors (Lipinski definition) is 2. The number of carbonyl (C=O) groups is 1. The number of nitrogens with one attached hydrogen (secondary N) is 2. The van der Waals surface area contributed by atoms with Gasteiger partial charge in [-0.25, -0.2) is 0 Å². The van der Waals surface area contributed by atoms with Crippen LogP contribution in [0.1, 0.15) is 30.0 Å². The summed E-state index contributed by atoms with van der Waals surface area (Å²) < 4.78 is 0. The summed E-state index contributed by atoms with van der Waals surface area (Å²) in [5, 5.41) is 10.4. The van der Waals surface area contributed by atoms with Gasteiger partial charge in [0.25, 0.3) is 0 Å². The SMILES string of the molecule is Cl.O=C(C1CCCc2[nH]ncc21)N1CCNCC1. The number of halogens is 1. The number of hydrogen-bond acceptors (Lipinski definition) is 3. The normalized spacial score (nSPS) is 23.1. The average Bonchev–Trinajstić information content (AvgIpc) is 2.87. The Bertz CT molecular complexity index is 414. The van der Waals surface area contributed by atoms with Crippen molar-refractivity contribution in [2.45, 2.75) is 25.2 Å². The molecule has 2 heterocycles. The summed E-state index contributed by atoms with van der Waals surface area (Å²) in [6, 6.07) is 0. The van der Waals surface area contributed by atoms with Crippen molar-refractivity contribution in [2.24, 2.45) is 0 Å². The van der Waals surface area contributed by atoms with E-state index in [4.69, 9.17) is 0 Å². The van der Waals surface area contributed by atoms with E-state index in [1.165, 1.54) is 0 Å². The standard InChI is InChI=1S/C12H18N4O.ClH/c17-12(16-6-4-13-5-7-16)9-2-1-3-11-10(9)8-14-15-11;/h8-9,13H,1-7H2,(H,14,15);1H. The van der Waals surface area contributed by atoms with Gasteiger partial charge < -0.3 is 10.2 Å². The zero-order chi connectivity index (χ0) is 11.7. The molecule has 5 nitrogen and oxygen atoms in total. The number of fused-ring (bicyclic) bond motifs is 1. The Morgan fingerprint density at radius 2 is 2.17 bits per heavy atom. The molecule has 1 aliphatic heterocycles. The molecule has 1 unspecified atom stereocenters. The number of aromatic nitrogens is 2. The Balaban J connectivity index is 0.00000120. The summed E-state index contributed by atoms with van der Waals surface area (Å²) in [4.78, 5) is 14.5. The monoisotopic (exact) mass is 270 g/mol. The second-order valence-electron chi connectivity index (χ2n) is 4.82. The van der Waals surface area contributed by atoms with Gasteiger partial charge in [0, 0.05) is 37.4 Å². The maximum atomic E-state index is 12.5. The van der Waals surface area contributed by atoms with Gasteiger partial charge in [0.05, 0.1) is 12.1 Å². The van der Waals surface area contributed by atoms with Crippen LogP contribution in [-0.4, -0.2) is 47.2 Å². The zero-order valence-electron chi connectivity index (χ0n) is 10.3. The largest absolute Gasteiger partial charge is 0.340 e. The summed E-state index contributed by atoms with van der Waals surface area (Å²) in [5.74, 6) is 0.324. The molecule has 1 aromatic rings. The highest BCUT2D eigenvalue weighted by Crippen LogP contribution is 2.31. The molecule has 3 rings (SSSR count). The molecule has 1 amide bonds. The number of amides is 1. The van der Waals surface area contributed by atoms with Crippen molar-refractivity contribution < 1.29 is 4.79 Å². The fraction of sp³-hybridized carbons (Fsp3) is 0.667. The Morgan fingerprint density at radius 1 is 1.39 bits per heavy atom. The molecular formula is C12H19ClN4O. The first-order valence-corrected chi connectivity index (χ1v) is 6.38. The number of aromatic amines is 1. The lowest BCUT2D eigenvalue weighted by Crippen LogP contribution is -2.48. The third-order valence-corrected chi connectivity index (χ3v) is 3.77. The molecule has 1 aromatic heterocycles. The number of H-pyrrole nitrogens is 1. The van der Waals surface area contributed by atoms with Crippen molar-refractivity contribution in [2.75, 3.05) is 26.2 Å². The van der Waals surface area contributed by atoms with Crippen molar-refractivity contribution in [3.8, 4) is 0 Å². The highest BCUT2D eigenvalue weighted by atomic mass is 35.5. The zero-order valence-corrected chi connectivity index (χ0v) is 11.1. The van der Waals surface area contributed by atoms with Crippen molar-refractivity contribution in [3.63, 3.8) is 0 Å². The van der Waals surface area contributed by atoms with E-state index in [0.29, 0.717) is 0 Å². The Labute approximate surface area is 113 Å². The van der Waals surface area contributed by atoms with Crippen molar-refractivity contribution in [1.82, 2.24) is 20.4 Å². The third-order valence-electron chi connectivity index (χ3n) is 3.77. The Morgan fingerprint density at radius 3 is 2.94 bits per heavy atom. The average molecular weight is 271 g/mol. The van der Waals surface area contributed by atoms with E-state index in [1.807, 2.05) is 11.1 Å². The molecule has 1 saturated heterocycles. The summed E-state index contributed by atoms with van der Waals surface area (Å²) in [6.07, 6.45) is 4.91. The molecule has 6 heteroatoms. The van der Waals surface area contributed by atoms with Gasteiger partial charge >= 0.3 is 0 Å². The van der Waals surface area contributed by atoms with E-state index >= 15 is 0 Å². The van der Waals surface area contributed by atoms with E-state index in [2.05, 4.69) is 15.5 Å². The van der Waals surface area contributed by atoms with Crippen LogP contribution in [0, 0.1) is 0 Å². The molecule has 2 N–H and O–H groups in total. The fourth-order valence-electron chi connectivity index (χ4n) is 2.82. The predicted octanol–water partition coefficient (Wildman–Crippen LogP) is 0.683. The fourth-order valence-corrected chi connectivity index (χ4v) is 2.82. The Hall–Kier alpha value is -1.07. The van der Waals surface area contributed by atoms with E-state index in [0.717, 1.165) is 56.7 Å². The molecule has 1 atom stereocenters. The molecule has 0 bridgehead atoms. The van der Waals surface area contributed by atoms with Gasteiger partial charge in [-0.2, -0.15) is 5.10 Å². The summed E-state index contributed by atoms with van der Waals surface area (Å²) in [7, 11) is 0. The van der Waals surface area contributed by atoms with Crippen LogP contribution in [0.15, 0.2) is 6.20 Å². The first kappa shape index (κ1) is 13.4. The van der Waals surface area contributed by atoms with E-state index in [1.54, 1.807) is 0 Å². The lowest BCUT2D eigenvalue weighted by atomic mass is 9.86. The quantitative estimate of drug-likeness (QED) is 0.789. The number of aryl methyl sites for hydroxylation is 1. The van der Waals surface area contributed by atoms with Gasteiger partial charge in [0.1, 0.15) is 0 Å². The minimum absolute atomic E-state index is 0. The molecule has 2 aliphatic rings. The minimum atomic E-state index is 0. The Kier molecular flexibility index (Phi) is 4.24. The summed E-state index contributed by atoms with van der Waals surface area (Å²) >= 11 is 0. The van der Waals surface area contributed by atoms with Crippen LogP contribution < -0.4 is 5.32 Å². The molecule has 0 radical (unpaired) electrons. The predicted molar refractivity (Wildman–Crippen MR) is 71.0 cm³/mol. The smallest absolute Gasteiger partial charge is 0.230 e. The lowest BCUT2D eigenvalue weighted by molar-refractivity contribution is -0.133. The molecule has 1 fully saturated rings. The third kappa shape index (κ3) is 2.37. The van der Waals surface area contributed by atoms with Gasteiger partial charge in [-0.15, -0.1) is 12.4 Å². The van der Waals surface area contributed by atoms with Gasteiger partial charge in [-0.05, 0) is 19.3 Å². The molecule has 0 aromatic carbocycles. The van der Waals surface area contributed by atoms with Crippen molar-refractivity contribution >= 4 is 18.3 Å². The van der Waals surface area contributed by atoms with Crippen molar-refractivity contribution in [3.05, 3.63) is 17.5 Å². The van der Waals surface area contributed by atoms with Crippen LogP contribution in [0.3, 0.4) is 0 Å². The molecule has 1 aliphatic carbocycles. The van der Waals surface area contributed by atoms with Gasteiger partial charge in [0.15, 0.2) is 0 Å². The first-order chi connectivity index (χ1) is 8.36. The van der Waals surface area contributed by atoms with Crippen LogP contribution in [0.4, 0.5) is 0 Å². The van der Waals surface area contributed by atoms with Crippen LogP contribution in [0.2, 0.25) is 0 Å². The lowest BCUT2D eigenvalue weighted by Gasteiger charge is -2.32. The second kappa shape index (κ2) is 5.71. The van der Waals surface area contributed by atoms with Gasteiger partial charge in [0.2, 0.25) is 5.91 Å². The first-order valence-electron chi connectivity index (χ1n) is 6.38. The van der Waals surface area contributed by atoms with E-state index in [-0.39, 0.29) is 24.2 Å². The highest BCUT2D eigenvalue weighted by molar-refractivity contribution is 5.85. The van der Waals surface area contributed by atoms with Gasteiger partial charge in [-0.3, -0.25) is 9.89 Å². The minimum Gasteiger partial charge on any atom is -0.340 e. The van der Waals surface area contributed by atoms with Crippen molar-refractivity contribution in [1.29, 1.82) is 0 Å². The number of carbonyl (C=O) groups excluding carboxylic acids is 1. The molecule has 18 heavy (non-hydrogen) atoms. The summed E-state index contributed by atoms with van der Waals surface area (Å²) in [6.45, 7) is 3.50. The van der Waals surface area contributed by atoms with Crippen LogP contribution in [-0.2, 0) is 11.2 Å². The van der Waals surface area contributed by atoms with Crippen LogP contribution >= 0.6 is 12.4 Å². The second-order valence-corrected chi connectivity index (χ2v) is 4.82. The molecule has 100 valence electrons. The maximum Gasteiger partial charge on any atom is 0.230 e. The number of piperazine rings is 1. The highest BCUT2D eigenvalue weighted by Gasteiger charge is 2.31. The van der Waals surface area contributed by atoms with Gasteiger partial charge in [-0.1, -0.05) is 0 Å². The van der Waals surface area contributed by atoms with E-state index in [9.17, 15) is 4.79 Å². The number of nitrogens with zero attached hydrogens (tertiary/aromatic N) is 2. The van der Waals surface area contributed by atoms with Crippen LogP contribution in [0.5, 0.6) is 0 Å². The molecule has 0 spiro atoms. The topological polar surface area (TPSA) is 61.0 Å². The maximum absolute atomic E-state index is 12.5.